The maximum absolute atomic E-state index is 11.9. The van der Waals surface area contributed by atoms with E-state index in [1.54, 1.807) is 0 Å². The van der Waals surface area contributed by atoms with Gasteiger partial charge in [0.25, 0.3) is 6.08 Å². The van der Waals surface area contributed by atoms with Gasteiger partial charge in [0.15, 0.2) is 0 Å². The SMILES string of the molecule is FC(F)=C[C@H]1C[C@H]2CC[C@@H]1C2. The van der Waals surface area contributed by atoms with Crippen LogP contribution in [-0.2, 0) is 0 Å². The Morgan fingerprint density at radius 1 is 1.18 bits per heavy atom. The zero-order chi connectivity index (χ0) is 7.84. The van der Waals surface area contributed by atoms with Crippen LogP contribution in [0.25, 0.3) is 0 Å². The van der Waals surface area contributed by atoms with Gasteiger partial charge in [-0.05, 0) is 43.1 Å². The molecule has 0 saturated heterocycles. The monoisotopic (exact) mass is 158 g/mol. The van der Waals surface area contributed by atoms with Gasteiger partial charge in [-0.15, -0.1) is 0 Å². The van der Waals surface area contributed by atoms with Gasteiger partial charge in [-0.2, -0.15) is 8.78 Å². The van der Waals surface area contributed by atoms with Crippen LogP contribution in [0.15, 0.2) is 12.2 Å². The third-order valence-corrected chi connectivity index (χ3v) is 3.13. The van der Waals surface area contributed by atoms with Crippen LogP contribution in [0.5, 0.6) is 0 Å². The van der Waals surface area contributed by atoms with Gasteiger partial charge >= 0.3 is 0 Å². The Kier molecular flexibility index (Phi) is 1.70. The fourth-order valence-electron chi connectivity index (χ4n) is 2.66. The number of allylic oxidation sites excluding steroid dienone is 1. The Bertz CT molecular complexity index is 182. The quantitative estimate of drug-likeness (QED) is 0.549. The Morgan fingerprint density at radius 3 is 2.45 bits per heavy atom. The van der Waals surface area contributed by atoms with Crippen LogP contribution >= 0.6 is 0 Å². The Morgan fingerprint density at radius 2 is 2.00 bits per heavy atom. The van der Waals surface area contributed by atoms with E-state index in [4.69, 9.17) is 0 Å². The Balaban J connectivity index is 2.03. The van der Waals surface area contributed by atoms with E-state index in [2.05, 4.69) is 0 Å². The summed E-state index contributed by atoms with van der Waals surface area (Å²) in [7, 11) is 0. The van der Waals surface area contributed by atoms with Gasteiger partial charge in [0.1, 0.15) is 0 Å². The van der Waals surface area contributed by atoms with Crippen molar-refractivity contribution in [1.82, 2.24) is 0 Å². The highest BCUT2D eigenvalue weighted by molar-refractivity contribution is 5.00. The number of fused-ring (bicyclic) bond motifs is 2. The molecule has 2 heteroatoms. The average molecular weight is 158 g/mol. The van der Waals surface area contributed by atoms with Gasteiger partial charge < -0.3 is 0 Å². The molecule has 0 heterocycles. The lowest BCUT2D eigenvalue weighted by molar-refractivity contribution is 0.359. The van der Waals surface area contributed by atoms with Crippen LogP contribution in [0.4, 0.5) is 8.78 Å². The molecule has 0 aliphatic heterocycles. The summed E-state index contributed by atoms with van der Waals surface area (Å²) in [6.45, 7) is 0. The van der Waals surface area contributed by atoms with Gasteiger partial charge in [0.05, 0.1) is 0 Å². The standard InChI is InChI=1S/C9H12F2/c10-9(11)5-8-4-6-1-2-7(8)3-6/h5-8H,1-4H2/t6-,7+,8+/m0/s1. The highest BCUT2D eigenvalue weighted by atomic mass is 19.3. The lowest BCUT2D eigenvalue weighted by Gasteiger charge is -2.16. The molecule has 2 saturated carbocycles. The molecular weight excluding hydrogens is 146 g/mol. The molecule has 2 aliphatic carbocycles. The summed E-state index contributed by atoms with van der Waals surface area (Å²) >= 11 is 0. The van der Waals surface area contributed by atoms with Crippen LogP contribution in [0.1, 0.15) is 25.7 Å². The van der Waals surface area contributed by atoms with E-state index in [0.717, 1.165) is 12.3 Å². The highest BCUT2D eigenvalue weighted by Gasteiger charge is 2.38. The molecule has 0 nitrogen and oxygen atoms in total. The summed E-state index contributed by atoms with van der Waals surface area (Å²) in [5.41, 5.74) is 0. The molecule has 0 aromatic rings. The first-order valence-corrected chi connectivity index (χ1v) is 4.28. The second-order valence-electron chi connectivity index (χ2n) is 3.80. The van der Waals surface area contributed by atoms with Gasteiger partial charge in [-0.3, -0.25) is 0 Å². The van der Waals surface area contributed by atoms with Crippen molar-refractivity contribution in [3.63, 3.8) is 0 Å². The van der Waals surface area contributed by atoms with E-state index < -0.39 is 6.08 Å². The first-order valence-electron chi connectivity index (χ1n) is 4.28. The van der Waals surface area contributed by atoms with Crippen LogP contribution < -0.4 is 0 Å². The van der Waals surface area contributed by atoms with Crippen molar-refractivity contribution in [3.8, 4) is 0 Å². The molecule has 11 heavy (non-hydrogen) atoms. The van der Waals surface area contributed by atoms with Crippen molar-refractivity contribution in [2.24, 2.45) is 17.8 Å². The van der Waals surface area contributed by atoms with Crippen molar-refractivity contribution in [1.29, 1.82) is 0 Å². The molecule has 0 amide bonds. The number of hydrogen-bond donors (Lipinski definition) is 0. The van der Waals surface area contributed by atoms with Gasteiger partial charge in [0.2, 0.25) is 0 Å². The molecule has 2 bridgehead atoms. The molecular formula is C9H12F2. The van der Waals surface area contributed by atoms with Gasteiger partial charge in [-0.1, -0.05) is 6.42 Å². The minimum Gasteiger partial charge on any atom is -0.174 e. The van der Waals surface area contributed by atoms with E-state index in [1.165, 1.54) is 25.3 Å². The zero-order valence-corrected chi connectivity index (χ0v) is 6.39. The molecule has 0 aromatic carbocycles. The van der Waals surface area contributed by atoms with Crippen molar-refractivity contribution >= 4 is 0 Å². The van der Waals surface area contributed by atoms with E-state index in [-0.39, 0.29) is 5.92 Å². The summed E-state index contributed by atoms with van der Waals surface area (Å²) in [6.07, 6.45) is 4.37. The number of rotatable bonds is 1. The van der Waals surface area contributed by atoms with Crippen LogP contribution in [0, 0.1) is 17.8 Å². The third kappa shape index (κ3) is 1.31. The average Bonchev–Trinajstić information content (AvgIpc) is 2.45. The molecule has 2 aliphatic rings. The maximum atomic E-state index is 11.9. The summed E-state index contributed by atoms with van der Waals surface area (Å²) in [5.74, 6) is 1.56. The van der Waals surface area contributed by atoms with Crippen LogP contribution in [-0.4, -0.2) is 0 Å². The molecule has 2 rings (SSSR count). The van der Waals surface area contributed by atoms with Gasteiger partial charge in [-0.25, -0.2) is 0 Å². The highest BCUT2D eigenvalue weighted by Crippen LogP contribution is 2.49. The van der Waals surface area contributed by atoms with Crippen molar-refractivity contribution in [2.45, 2.75) is 25.7 Å². The Labute approximate surface area is 65.3 Å². The Hall–Kier alpha value is -0.400. The maximum Gasteiger partial charge on any atom is 0.266 e. The van der Waals surface area contributed by atoms with E-state index in [9.17, 15) is 8.78 Å². The lowest BCUT2D eigenvalue weighted by Crippen LogP contribution is -2.07. The first-order chi connectivity index (χ1) is 5.25. The van der Waals surface area contributed by atoms with E-state index in [0.29, 0.717) is 5.92 Å². The fraction of sp³-hybridized carbons (Fsp3) is 0.778. The summed E-state index contributed by atoms with van der Waals surface area (Å²) < 4.78 is 23.7. The molecule has 0 radical (unpaired) electrons. The van der Waals surface area contributed by atoms with Crippen LogP contribution in [0.3, 0.4) is 0 Å². The molecule has 0 unspecified atom stereocenters. The fourth-order valence-corrected chi connectivity index (χ4v) is 2.66. The molecule has 2 fully saturated rings. The minimum absolute atomic E-state index is 0.207. The smallest absolute Gasteiger partial charge is 0.174 e. The lowest BCUT2D eigenvalue weighted by atomic mass is 9.89. The predicted molar refractivity (Wildman–Crippen MR) is 39.2 cm³/mol. The molecule has 0 spiro atoms. The second-order valence-corrected chi connectivity index (χ2v) is 3.80. The second kappa shape index (κ2) is 2.58. The van der Waals surface area contributed by atoms with E-state index >= 15 is 0 Å². The zero-order valence-electron chi connectivity index (χ0n) is 6.39. The van der Waals surface area contributed by atoms with Crippen LogP contribution in [0.2, 0.25) is 0 Å². The normalized spacial score (nSPS) is 41.1. The van der Waals surface area contributed by atoms with Crippen molar-refractivity contribution in [2.75, 3.05) is 0 Å². The largest absolute Gasteiger partial charge is 0.266 e. The molecule has 0 N–H and O–H groups in total. The third-order valence-electron chi connectivity index (χ3n) is 3.13. The predicted octanol–water partition coefficient (Wildman–Crippen LogP) is 3.20. The van der Waals surface area contributed by atoms with Crippen molar-refractivity contribution < 1.29 is 8.78 Å². The molecule has 3 atom stereocenters. The minimum atomic E-state index is -1.48. The number of halogens is 2. The number of hydrogen-bond acceptors (Lipinski definition) is 0. The summed E-state index contributed by atoms with van der Waals surface area (Å²) in [4.78, 5) is 0. The topological polar surface area (TPSA) is 0 Å². The summed E-state index contributed by atoms with van der Waals surface area (Å²) in [5, 5.41) is 0. The van der Waals surface area contributed by atoms with Gasteiger partial charge in [0, 0.05) is 0 Å². The molecule has 0 aromatic heterocycles. The molecule has 62 valence electrons. The van der Waals surface area contributed by atoms with E-state index in [1.807, 2.05) is 0 Å². The first kappa shape index (κ1) is 7.26. The van der Waals surface area contributed by atoms with Crippen molar-refractivity contribution in [3.05, 3.63) is 12.2 Å². The summed E-state index contributed by atoms with van der Waals surface area (Å²) in [6, 6.07) is 0.